The molecule has 1 aliphatic rings. The lowest BCUT2D eigenvalue weighted by Crippen LogP contribution is -1.93. The van der Waals surface area contributed by atoms with Crippen LogP contribution in [0.1, 0.15) is 6.42 Å². The van der Waals surface area contributed by atoms with Gasteiger partial charge in [-0.2, -0.15) is 0 Å². The molecule has 0 unspecified atom stereocenters. The highest BCUT2D eigenvalue weighted by Crippen LogP contribution is 2.13. The first kappa shape index (κ1) is 11.4. The highest BCUT2D eigenvalue weighted by Gasteiger charge is 2.00. The van der Waals surface area contributed by atoms with Crippen LogP contribution in [0.25, 0.3) is 0 Å². The van der Waals surface area contributed by atoms with Crippen molar-refractivity contribution in [2.45, 2.75) is 6.42 Å². The van der Waals surface area contributed by atoms with Crippen LogP contribution in [0.4, 0.5) is 0 Å². The predicted octanol–water partition coefficient (Wildman–Crippen LogP) is 3.12. The molecule has 0 saturated carbocycles. The molecule has 1 aliphatic carbocycles. The Kier molecular flexibility index (Phi) is 5.09. The van der Waals surface area contributed by atoms with Gasteiger partial charge in [-0.1, -0.05) is 31.4 Å². The minimum atomic E-state index is 0.505. The quantitative estimate of drug-likeness (QED) is 0.619. The van der Waals surface area contributed by atoms with Crippen molar-refractivity contribution in [2.24, 2.45) is 0 Å². The van der Waals surface area contributed by atoms with E-state index in [0.717, 1.165) is 17.9 Å². The number of rotatable bonds is 6. The molecule has 80 valence electrons. The van der Waals surface area contributed by atoms with E-state index in [1.807, 2.05) is 24.3 Å². The average molecular weight is 204 g/mol. The number of hydrogen-bond donors (Lipinski definition) is 0. The van der Waals surface area contributed by atoms with Gasteiger partial charge in [0.2, 0.25) is 0 Å². The largest absolute Gasteiger partial charge is 0.490 e. The van der Waals surface area contributed by atoms with Gasteiger partial charge in [0.15, 0.2) is 0 Å². The summed E-state index contributed by atoms with van der Waals surface area (Å²) in [5.41, 5.74) is 0. The Hall–Kier alpha value is -1.70. The second kappa shape index (κ2) is 6.71. The minimum Gasteiger partial charge on any atom is -0.490 e. The first-order valence-electron chi connectivity index (χ1n) is 4.92. The summed E-state index contributed by atoms with van der Waals surface area (Å²) < 4.78 is 10.9. The van der Waals surface area contributed by atoms with Crippen LogP contribution in [0.3, 0.4) is 0 Å². The van der Waals surface area contributed by atoms with Crippen molar-refractivity contribution in [3.8, 4) is 0 Å². The molecule has 0 aromatic rings. The fraction of sp³-hybridized carbons (Fsp3) is 0.231. The summed E-state index contributed by atoms with van der Waals surface area (Å²) in [6.45, 7) is 8.22. The van der Waals surface area contributed by atoms with Crippen LogP contribution in [0.15, 0.2) is 61.1 Å². The van der Waals surface area contributed by atoms with Gasteiger partial charge in [0.25, 0.3) is 0 Å². The molecule has 0 aromatic heterocycles. The fourth-order valence-electron chi connectivity index (χ4n) is 1.12. The zero-order valence-electron chi connectivity index (χ0n) is 8.82. The van der Waals surface area contributed by atoms with E-state index in [4.69, 9.17) is 9.47 Å². The molecule has 0 bridgehead atoms. The van der Waals surface area contributed by atoms with Crippen LogP contribution in [0, 0.1) is 0 Å². The van der Waals surface area contributed by atoms with Gasteiger partial charge in [-0.25, -0.2) is 0 Å². The summed E-state index contributed by atoms with van der Waals surface area (Å²) in [6.07, 6.45) is 12.1. The van der Waals surface area contributed by atoms with Crippen LogP contribution in [0.2, 0.25) is 0 Å². The van der Waals surface area contributed by atoms with Crippen LogP contribution in [0.5, 0.6) is 0 Å². The van der Waals surface area contributed by atoms with Gasteiger partial charge in [0.1, 0.15) is 24.7 Å². The summed E-state index contributed by atoms with van der Waals surface area (Å²) in [5, 5.41) is 0. The van der Waals surface area contributed by atoms with Crippen molar-refractivity contribution >= 4 is 0 Å². The highest BCUT2D eigenvalue weighted by atomic mass is 16.5. The summed E-state index contributed by atoms with van der Waals surface area (Å²) >= 11 is 0. The van der Waals surface area contributed by atoms with E-state index in [0.29, 0.717) is 13.2 Å². The molecule has 0 spiro atoms. The van der Waals surface area contributed by atoms with E-state index in [-0.39, 0.29) is 0 Å². The standard InChI is InChI=1S/C13H16O2/c1-3-9-14-12-7-5-6-8-13(11-12)15-10-4-2/h3-5,7-8,11H,1-2,6,9-10H2. The van der Waals surface area contributed by atoms with Crippen LogP contribution in [-0.4, -0.2) is 13.2 Å². The molecule has 0 heterocycles. The van der Waals surface area contributed by atoms with Crippen molar-refractivity contribution in [3.05, 3.63) is 61.1 Å². The Morgan fingerprint density at radius 2 is 1.80 bits per heavy atom. The average Bonchev–Trinajstić information content (AvgIpc) is 2.48. The van der Waals surface area contributed by atoms with E-state index in [1.165, 1.54) is 0 Å². The van der Waals surface area contributed by atoms with Crippen molar-refractivity contribution in [1.82, 2.24) is 0 Å². The Bertz CT molecular complexity index is 308. The summed E-state index contributed by atoms with van der Waals surface area (Å²) in [6, 6.07) is 0. The molecule has 0 atom stereocenters. The predicted molar refractivity (Wildman–Crippen MR) is 62.2 cm³/mol. The molecule has 0 N–H and O–H groups in total. The fourth-order valence-corrected chi connectivity index (χ4v) is 1.12. The van der Waals surface area contributed by atoms with E-state index in [1.54, 1.807) is 12.2 Å². The third-order valence-electron chi connectivity index (χ3n) is 1.76. The number of ether oxygens (including phenoxy) is 2. The van der Waals surface area contributed by atoms with Gasteiger partial charge in [-0.05, 0) is 18.6 Å². The summed E-state index contributed by atoms with van der Waals surface area (Å²) in [7, 11) is 0. The van der Waals surface area contributed by atoms with Gasteiger partial charge in [0.05, 0.1) is 0 Å². The molecule has 15 heavy (non-hydrogen) atoms. The molecule has 0 aromatic carbocycles. The molecule has 0 aliphatic heterocycles. The normalized spacial score (nSPS) is 14.7. The lowest BCUT2D eigenvalue weighted by molar-refractivity contribution is 0.242. The second-order valence-electron chi connectivity index (χ2n) is 2.99. The molecule has 0 amide bonds. The highest BCUT2D eigenvalue weighted by molar-refractivity contribution is 5.27. The van der Waals surface area contributed by atoms with E-state index in [9.17, 15) is 0 Å². The van der Waals surface area contributed by atoms with Crippen molar-refractivity contribution in [1.29, 1.82) is 0 Å². The molecule has 2 heteroatoms. The van der Waals surface area contributed by atoms with E-state index in [2.05, 4.69) is 13.2 Å². The van der Waals surface area contributed by atoms with Crippen LogP contribution in [-0.2, 0) is 9.47 Å². The molecule has 2 nitrogen and oxygen atoms in total. The molecule has 0 saturated heterocycles. The van der Waals surface area contributed by atoms with E-state index >= 15 is 0 Å². The second-order valence-corrected chi connectivity index (χ2v) is 2.99. The van der Waals surface area contributed by atoms with Gasteiger partial charge in [-0.3, -0.25) is 0 Å². The minimum absolute atomic E-state index is 0.505. The zero-order valence-corrected chi connectivity index (χ0v) is 8.82. The monoisotopic (exact) mass is 204 g/mol. The van der Waals surface area contributed by atoms with Crippen molar-refractivity contribution in [2.75, 3.05) is 13.2 Å². The topological polar surface area (TPSA) is 18.5 Å². The van der Waals surface area contributed by atoms with Gasteiger partial charge < -0.3 is 9.47 Å². The number of hydrogen-bond acceptors (Lipinski definition) is 2. The van der Waals surface area contributed by atoms with Gasteiger partial charge in [0, 0.05) is 6.08 Å². The van der Waals surface area contributed by atoms with Crippen LogP contribution < -0.4 is 0 Å². The maximum absolute atomic E-state index is 5.44. The smallest absolute Gasteiger partial charge is 0.123 e. The molecule has 0 radical (unpaired) electrons. The SMILES string of the molecule is C=CCOC1=CCC=CC(OCC=C)=C1. The third kappa shape index (κ3) is 4.36. The molecule has 0 fully saturated rings. The van der Waals surface area contributed by atoms with Crippen LogP contribution >= 0.6 is 0 Å². The third-order valence-corrected chi connectivity index (χ3v) is 1.76. The Labute approximate surface area is 90.9 Å². The first-order valence-corrected chi connectivity index (χ1v) is 4.92. The first-order chi connectivity index (χ1) is 7.36. The Morgan fingerprint density at radius 3 is 2.47 bits per heavy atom. The molecular weight excluding hydrogens is 188 g/mol. The summed E-state index contributed by atoms with van der Waals surface area (Å²) in [4.78, 5) is 0. The molecular formula is C13H16O2. The lowest BCUT2D eigenvalue weighted by Gasteiger charge is -2.06. The van der Waals surface area contributed by atoms with Crippen molar-refractivity contribution < 1.29 is 9.47 Å². The van der Waals surface area contributed by atoms with Gasteiger partial charge >= 0.3 is 0 Å². The Morgan fingerprint density at radius 1 is 1.13 bits per heavy atom. The maximum atomic E-state index is 5.44. The zero-order chi connectivity index (χ0) is 10.9. The van der Waals surface area contributed by atoms with Crippen molar-refractivity contribution in [3.63, 3.8) is 0 Å². The summed E-state index contributed by atoms with van der Waals surface area (Å²) in [5.74, 6) is 1.61. The van der Waals surface area contributed by atoms with Gasteiger partial charge in [-0.15, -0.1) is 0 Å². The maximum Gasteiger partial charge on any atom is 0.123 e. The van der Waals surface area contributed by atoms with E-state index < -0.39 is 0 Å². The Balaban J connectivity index is 2.59. The lowest BCUT2D eigenvalue weighted by atomic mass is 10.3. The molecule has 1 rings (SSSR count). The number of allylic oxidation sites excluding steroid dienone is 4.